The number of Topliss-reactive ketones (excluding diaryl/α,β-unsaturated/α-hetero) is 1. The minimum absolute atomic E-state index is 0.0898. The summed E-state index contributed by atoms with van der Waals surface area (Å²) >= 11 is 0. The van der Waals surface area contributed by atoms with Crippen molar-refractivity contribution in [1.82, 2.24) is 15.5 Å². The third-order valence-corrected chi connectivity index (χ3v) is 8.95. The monoisotopic (exact) mass is 660 g/mol. The molecule has 0 saturated carbocycles. The number of carbonyl (C=O) groups excluding carboxylic acids is 4. The molecule has 0 spiro atoms. The Balaban J connectivity index is 1.96. The topological polar surface area (TPSA) is 179 Å². The number of fused-ring (bicyclic) bond motifs is 2. The lowest BCUT2D eigenvalue weighted by Crippen LogP contribution is -2.42. The highest BCUT2D eigenvalue weighted by atomic mass is 16.6. The summed E-state index contributed by atoms with van der Waals surface area (Å²) in [7, 11) is 3.00. The summed E-state index contributed by atoms with van der Waals surface area (Å²) in [5.41, 5.74) is 6.79. The van der Waals surface area contributed by atoms with Crippen molar-refractivity contribution in [2.45, 2.75) is 77.8 Å². The maximum absolute atomic E-state index is 13.9. The van der Waals surface area contributed by atoms with E-state index in [1.807, 2.05) is 19.9 Å². The number of aliphatic hydroxyl groups excluding tert-OH is 1. The second-order valence-electron chi connectivity index (χ2n) is 12.6. The number of amides is 2. The van der Waals surface area contributed by atoms with E-state index in [-0.39, 0.29) is 29.3 Å². The highest BCUT2D eigenvalue weighted by Gasteiger charge is 2.34. The number of nitrogens with one attached hydrogen (secondary N) is 2. The normalized spacial score (nSPS) is 31.6. The molecule has 0 aromatic rings. The van der Waals surface area contributed by atoms with Crippen LogP contribution in [-0.2, 0) is 33.3 Å². The van der Waals surface area contributed by atoms with E-state index < -0.39 is 53.9 Å². The number of methoxy groups -OCH3 is 2. The van der Waals surface area contributed by atoms with Gasteiger partial charge < -0.3 is 40.4 Å². The van der Waals surface area contributed by atoms with Gasteiger partial charge in [0, 0.05) is 63.5 Å². The standard InChI is InChI=1S/C34H52N4O9/c1-20-16-24-29(36-10-11-38-12-14-46-15-13-38)26(39)19-25(31(24)41)37-33(42)21(2)8-7-9-27(44-5)32(47-34(35)43)23(4)18-22(3)30(40)28(17-20)45-6/h8,18-20,22,27-28,30,32,36,40H,7,9-17H2,1-6H3,(H2,35,43)(H,37,42)/b21-8+,23-18+/t20-,22+,27+,28+,30-,32+/m1/s1. The molecular weight excluding hydrogens is 608 g/mol. The van der Waals surface area contributed by atoms with Crippen LogP contribution in [0.2, 0.25) is 0 Å². The van der Waals surface area contributed by atoms with E-state index in [2.05, 4.69) is 15.5 Å². The number of rotatable bonds is 7. The molecule has 0 radical (unpaired) electrons. The van der Waals surface area contributed by atoms with Crippen LogP contribution < -0.4 is 16.4 Å². The zero-order chi connectivity index (χ0) is 34.7. The second-order valence-corrected chi connectivity index (χ2v) is 12.6. The average molecular weight is 661 g/mol. The number of morpholine rings is 1. The number of ketones is 2. The molecule has 1 saturated heterocycles. The fraction of sp³-hybridized carbons (Fsp3) is 0.647. The van der Waals surface area contributed by atoms with Crippen molar-refractivity contribution < 1.29 is 43.2 Å². The molecule has 6 atom stereocenters. The summed E-state index contributed by atoms with van der Waals surface area (Å²) in [6, 6.07) is 0. The fourth-order valence-electron chi connectivity index (χ4n) is 6.25. The van der Waals surface area contributed by atoms with Gasteiger partial charge in [0.05, 0.1) is 42.9 Å². The second kappa shape index (κ2) is 18.3. The van der Waals surface area contributed by atoms with Crippen LogP contribution in [-0.4, -0.2) is 112 Å². The van der Waals surface area contributed by atoms with Gasteiger partial charge in [-0.05, 0) is 51.0 Å². The average Bonchev–Trinajstić information content (AvgIpc) is 3.04. The Morgan fingerprint density at radius 3 is 2.45 bits per heavy atom. The molecular formula is C34H52N4O9. The van der Waals surface area contributed by atoms with E-state index in [1.165, 1.54) is 20.3 Å². The Morgan fingerprint density at radius 2 is 1.81 bits per heavy atom. The zero-order valence-corrected chi connectivity index (χ0v) is 28.5. The molecule has 262 valence electrons. The maximum Gasteiger partial charge on any atom is 0.405 e. The lowest BCUT2D eigenvalue weighted by atomic mass is 9.85. The van der Waals surface area contributed by atoms with Crippen molar-refractivity contribution >= 4 is 23.6 Å². The summed E-state index contributed by atoms with van der Waals surface area (Å²) in [5, 5.41) is 17.2. The molecule has 2 bridgehead atoms. The quantitative estimate of drug-likeness (QED) is 0.232. The van der Waals surface area contributed by atoms with Gasteiger partial charge in [-0.2, -0.15) is 0 Å². The van der Waals surface area contributed by atoms with Gasteiger partial charge in [0.25, 0.3) is 5.91 Å². The first-order chi connectivity index (χ1) is 22.4. The van der Waals surface area contributed by atoms with Gasteiger partial charge in [-0.15, -0.1) is 0 Å². The molecule has 0 aromatic carbocycles. The minimum atomic E-state index is -0.964. The van der Waals surface area contributed by atoms with E-state index >= 15 is 0 Å². The Hall–Kier alpha value is -3.36. The first-order valence-electron chi connectivity index (χ1n) is 16.3. The van der Waals surface area contributed by atoms with Gasteiger partial charge in [0.2, 0.25) is 11.6 Å². The number of nitrogens with zero attached hydrogens (tertiary/aromatic N) is 1. The zero-order valence-electron chi connectivity index (χ0n) is 28.5. The molecule has 13 nitrogen and oxygen atoms in total. The van der Waals surface area contributed by atoms with E-state index in [0.29, 0.717) is 56.7 Å². The number of hydrogen-bond acceptors (Lipinski definition) is 11. The molecule has 0 unspecified atom stereocenters. The first-order valence-corrected chi connectivity index (χ1v) is 16.3. The van der Waals surface area contributed by atoms with Crippen molar-refractivity contribution in [2.75, 3.05) is 53.6 Å². The number of nitrogens with two attached hydrogens (primary N) is 1. The highest BCUT2D eigenvalue weighted by molar-refractivity contribution is 6.23. The molecule has 0 aromatic heterocycles. The number of primary amides is 1. The lowest BCUT2D eigenvalue weighted by Gasteiger charge is -2.30. The predicted molar refractivity (Wildman–Crippen MR) is 175 cm³/mol. The van der Waals surface area contributed by atoms with Gasteiger partial charge in [0.15, 0.2) is 6.10 Å². The van der Waals surface area contributed by atoms with E-state index in [4.69, 9.17) is 24.7 Å². The number of aliphatic hydroxyl groups is 1. The van der Waals surface area contributed by atoms with Gasteiger partial charge in [-0.1, -0.05) is 26.0 Å². The van der Waals surface area contributed by atoms with E-state index in [1.54, 1.807) is 19.9 Å². The summed E-state index contributed by atoms with van der Waals surface area (Å²) < 4.78 is 22.2. The van der Waals surface area contributed by atoms with Crippen molar-refractivity contribution in [1.29, 1.82) is 0 Å². The number of carbonyl (C=O) groups is 4. The molecule has 3 rings (SSSR count). The molecule has 2 aliphatic heterocycles. The van der Waals surface area contributed by atoms with E-state index in [0.717, 1.165) is 13.1 Å². The smallest absolute Gasteiger partial charge is 0.405 e. The molecule has 2 amide bonds. The predicted octanol–water partition coefficient (Wildman–Crippen LogP) is 1.91. The van der Waals surface area contributed by atoms with Crippen molar-refractivity contribution in [3.8, 4) is 0 Å². The van der Waals surface area contributed by atoms with Crippen LogP contribution in [0.5, 0.6) is 0 Å². The Kier molecular flexibility index (Phi) is 14.8. The Bertz CT molecular complexity index is 1270. The van der Waals surface area contributed by atoms with Crippen molar-refractivity contribution in [2.24, 2.45) is 17.6 Å². The third-order valence-electron chi connectivity index (χ3n) is 8.95. The van der Waals surface area contributed by atoms with Gasteiger partial charge in [0.1, 0.15) is 0 Å². The third kappa shape index (κ3) is 10.8. The molecule has 47 heavy (non-hydrogen) atoms. The summed E-state index contributed by atoms with van der Waals surface area (Å²) in [6.45, 7) is 11.2. The summed E-state index contributed by atoms with van der Waals surface area (Å²) in [4.78, 5) is 54.5. The van der Waals surface area contributed by atoms with Gasteiger partial charge in [-0.25, -0.2) is 4.79 Å². The first kappa shape index (κ1) is 38.1. The minimum Gasteiger partial charge on any atom is -0.439 e. The van der Waals surface area contributed by atoms with Gasteiger partial charge >= 0.3 is 6.09 Å². The SMILES string of the molecule is CO[C@H]1C[C@H](C)CC2=C(NCCN3CCOCC3)C(=O)C=C(NC(=O)/C(C)=C/CC[C@H](OC)[C@@H](OC(N)=O)/C(C)=C/[C@H](C)[C@H]1O)C2=O. The largest absolute Gasteiger partial charge is 0.439 e. The maximum atomic E-state index is 13.9. The molecule has 1 fully saturated rings. The van der Waals surface area contributed by atoms with Crippen LogP contribution in [0.4, 0.5) is 4.79 Å². The molecule has 13 heteroatoms. The molecule has 5 N–H and O–H groups in total. The van der Waals surface area contributed by atoms with Crippen LogP contribution >= 0.6 is 0 Å². The highest BCUT2D eigenvalue weighted by Crippen LogP contribution is 2.29. The summed E-state index contributed by atoms with van der Waals surface area (Å²) in [5.74, 6) is -1.96. The van der Waals surface area contributed by atoms with Crippen molar-refractivity contribution in [3.63, 3.8) is 0 Å². The number of ether oxygens (including phenoxy) is 4. The fourth-order valence-corrected chi connectivity index (χ4v) is 6.25. The number of allylic oxidation sites excluding steroid dienone is 3. The van der Waals surface area contributed by atoms with Crippen LogP contribution in [0.15, 0.2) is 46.3 Å². The Morgan fingerprint density at radius 1 is 1.13 bits per heavy atom. The Labute approximate surface area is 277 Å². The summed E-state index contributed by atoms with van der Waals surface area (Å²) in [6.07, 6.45) is 2.05. The van der Waals surface area contributed by atoms with Crippen LogP contribution in [0.25, 0.3) is 0 Å². The lowest BCUT2D eigenvalue weighted by molar-refractivity contribution is -0.120. The van der Waals surface area contributed by atoms with Crippen molar-refractivity contribution in [3.05, 3.63) is 46.3 Å². The van der Waals surface area contributed by atoms with Crippen LogP contribution in [0, 0.1) is 11.8 Å². The van der Waals surface area contributed by atoms with Crippen LogP contribution in [0.1, 0.15) is 53.4 Å². The molecule has 1 aliphatic carbocycles. The van der Waals surface area contributed by atoms with Gasteiger partial charge in [-0.3, -0.25) is 19.3 Å². The molecule has 2 heterocycles. The molecule has 3 aliphatic rings. The number of hydrogen-bond donors (Lipinski definition) is 4. The van der Waals surface area contributed by atoms with Crippen LogP contribution in [0.3, 0.4) is 0 Å². The van der Waals surface area contributed by atoms with E-state index in [9.17, 15) is 24.3 Å².